The van der Waals surface area contributed by atoms with E-state index in [1.807, 2.05) is 0 Å². The zero-order valence-corrected chi connectivity index (χ0v) is 6.88. The molecule has 1 atom stereocenters. The zero-order chi connectivity index (χ0) is 8.55. The molecule has 4 heteroatoms. The van der Waals surface area contributed by atoms with E-state index in [-0.39, 0.29) is 18.0 Å². The summed E-state index contributed by atoms with van der Waals surface area (Å²) in [6.45, 7) is 0.809. The number of carbonyl (C=O) groups excluding carboxylic acids is 2. The number of hydrogen-bond acceptors (Lipinski definition) is 2. The number of carbonyl (C=O) groups is 2. The van der Waals surface area contributed by atoms with Gasteiger partial charge < -0.3 is 4.90 Å². The predicted octanol–water partition coefficient (Wildman–Crippen LogP) is 0.481. The van der Waals surface area contributed by atoms with Gasteiger partial charge in [-0.2, -0.15) is 0 Å². The van der Waals surface area contributed by atoms with Gasteiger partial charge in [-0.25, -0.2) is 4.79 Å². The SMILES string of the molecule is O=C1C[C@@H]2CCCCN2C(=O)N1. The van der Waals surface area contributed by atoms with Crippen molar-refractivity contribution in [3.8, 4) is 0 Å². The van der Waals surface area contributed by atoms with Crippen molar-refractivity contribution in [1.29, 1.82) is 0 Å². The lowest BCUT2D eigenvalue weighted by Gasteiger charge is -2.38. The van der Waals surface area contributed by atoms with Gasteiger partial charge in [-0.1, -0.05) is 0 Å². The first-order valence-electron chi connectivity index (χ1n) is 4.38. The van der Waals surface area contributed by atoms with Crippen LogP contribution >= 0.6 is 0 Å². The van der Waals surface area contributed by atoms with Crippen LogP contribution in [0, 0.1) is 0 Å². The molecule has 0 saturated carbocycles. The number of amides is 3. The van der Waals surface area contributed by atoms with Crippen LogP contribution in [0.3, 0.4) is 0 Å². The molecule has 2 heterocycles. The highest BCUT2D eigenvalue weighted by Gasteiger charge is 2.33. The summed E-state index contributed by atoms with van der Waals surface area (Å²) in [5.41, 5.74) is 0. The van der Waals surface area contributed by atoms with Crippen molar-refractivity contribution in [3.63, 3.8) is 0 Å². The van der Waals surface area contributed by atoms with Crippen LogP contribution in [0.1, 0.15) is 25.7 Å². The Hall–Kier alpha value is -1.06. The number of nitrogens with one attached hydrogen (secondary N) is 1. The number of hydrogen-bond donors (Lipinski definition) is 1. The molecule has 0 aliphatic carbocycles. The van der Waals surface area contributed by atoms with E-state index < -0.39 is 0 Å². The van der Waals surface area contributed by atoms with Gasteiger partial charge in [0.1, 0.15) is 0 Å². The molecule has 2 saturated heterocycles. The van der Waals surface area contributed by atoms with Gasteiger partial charge in [0.2, 0.25) is 5.91 Å². The Labute approximate surface area is 70.9 Å². The second-order valence-electron chi connectivity index (χ2n) is 3.40. The van der Waals surface area contributed by atoms with Crippen molar-refractivity contribution >= 4 is 11.9 Å². The molecule has 4 nitrogen and oxygen atoms in total. The highest BCUT2D eigenvalue weighted by molar-refractivity contribution is 5.97. The largest absolute Gasteiger partial charge is 0.324 e. The van der Waals surface area contributed by atoms with Crippen LogP contribution < -0.4 is 5.32 Å². The number of nitrogens with zero attached hydrogens (tertiary/aromatic N) is 1. The molecule has 0 unspecified atom stereocenters. The summed E-state index contributed by atoms with van der Waals surface area (Å²) in [5.74, 6) is -0.122. The molecule has 2 rings (SSSR count). The maximum absolute atomic E-state index is 11.2. The lowest BCUT2D eigenvalue weighted by Crippen LogP contribution is -2.56. The molecule has 0 aromatic carbocycles. The minimum Gasteiger partial charge on any atom is -0.321 e. The number of fused-ring (bicyclic) bond motifs is 1. The van der Waals surface area contributed by atoms with Gasteiger partial charge in [0.05, 0.1) is 0 Å². The minimum absolute atomic E-state index is 0.122. The van der Waals surface area contributed by atoms with Crippen LogP contribution in [0.2, 0.25) is 0 Å². The second kappa shape index (κ2) is 2.77. The molecule has 0 aromatic rings. The van der Waals surface area contributed by atoms with Gasteiger partial charge in [0.15, 0.2) is 0 Å². The van der Waals surface area contributed by atoms with Crippen LogP contribution in [0.4, 0.5) is 4.79 Å². The van der Waals surface area contributed by atoms with Gasteiger partial charge in [-0.05, 0) is 19.3 Å². The third-order valence-electron chi connectivity index (χ3n) is 2.56. The summed E-state index contributed by atoms with van der Waals surface area (Å²) >= 11 is 0. The summed E-state index contributed by atoms with van der Waals surface area (Å²) in [4.78, 5) is 24.0. The van der Waals surface area contributed by atoms with Gasteiger partial charge in [-0.15, -0.1) is 0 Å². The van der Waals surface area contributed by atoms with E-state index >= 15 is 0 Å². The third-order valence-corrected chi connectivity index (χ3v) is 2.56. The Balaban J connectivity index is 2.11. The van der Waals surface area contributed by atoms with Gasteiger partial charge >= 0.3 is 6.03 Å². The highest BCUT2D eigenvalue weighted by atomic mass is 16.2. The molecule has 0 spiro atoms. The maximum Gasteiger partial charge on any atom is 0.324 e. The average Bonchev–Trinajstić information content (AvgIpc) is 2.04. The Morgan fingerprint density at radius 3 is 3.00 bits per heavy atom. The normalized spacial score (nSPS) is 29.7. The fourth-order valence-electron chi connectivity index (χ4n) is 1.94. The number of piperidine rings is 1. The van der Waals surface area contributed by atoms with Crippen molar-refractivity contribution < 1.29 is 9.59 Å². The molecular formula is C8H12N2O2. The standard InChI is InChI=1S/C8H12N2O2/c11-7-5-6-3-1-2-4-10(6)8(12)9-7/h6H,1-5H2,(H,9,11,12)/t6-/m0/s1. The van der Waals surface area contributed by atoms with E-state index in [4.69, 9.17) is 0 Å². The minimum atomic E-state index is -0.198. The molecule has 66 valence electrons. The Bertz CT molecular complexity index is 227. The van der Waals surface area contributed by atoms with E-state index in [1.54, 1.807) is 4.90 Å². The molecular weight excluding hydrogens is 156 g/mol. The van der Waals surface area contributed by atoms with Gasteiger partial charge in [0, 0.05) is 19.0 Å². The van der Waals surface area contributed by atoms with Crippen molar-refractivity contribution in [2.24, 2.45) is 0 Å². The Morgan fingerprint density at radius 1 is 1.33 bits per heavy atom. The first kappa shape index (κ1) is 7.58. The fraction of sp³-hybridized carbons (Fsp3) is 0.750. The van der Waals surface area contributed by atoms with Crippen LogP contribution in [0.25, 0.3) is 0 Å². The van der Waals surface area contributed by atoms with E-state index in [1.165, 1.54) is 0 Å². The number of imide groups is 1. The summed E-state index contributed by atoms with van der Waals surface area (Å²) < 4.78 is 0. The molecule has 1 N–H and O–H groups in total. The van der Waals surface area contributed by atoms with Crippen molar-refractivity contribution in [1.82, 2.24) is 10.2 Å². The average molecular weight is 168 g/mol. The van der Waals surface area contributed by atoms with E-state index in [0.717, 1.165) is 25.8 Å². The van der Waals surface area contributed by atoms with Crippen LogP contribution in [0.15, 0.2) is 0 Å². The molecule has 2 aliphatic rings. The Kier molecular flexibility index (Phi) is 1.75. The highest BCUT2D eigenvalue weighted by Crippen LogP contribution is 2.21. The van der Waals surface area contributed by atoms with Crippen LogP contribution in [-0.2, 0) is 4.79 Å². The molecule has 0 radical (unpaired) electrons. The molecule has 2 fully saturated rings. The summed E-state index contributed by atoms with van der Waals surface area (Å²) in [6, 6.07) is -0.0176. The molecule has 12 heavy (non-hydrogen) atoms. The first-order chi connectivity index (χ1) is 5.77. The van der Waals surface area contributed by atoms with Gasteiger partial charge in [0.25, 0.3) is 0 Å². The predicted molar refractivity (Wildman–Crippen MR) is 42.5 cm³/mol. The Morgan fingerprint density at radius 2 is 2.17 bits per heavy atom. The molecule has 3 amide bonds. The first-order valence-corrected chi connectivity index (χ1v) is 4.38. The molecule has 0 bridgehead atoms. The molecule has 2 aliphatic heterocycles. The second-order valence-corrected chi connectivity index (χ2v) is 3.40. The smallest absolute Gasteiger partial charge is 0.321 e. The maximum atomic E-state index is 11.2. The van der Waals surface area contributed by atoms with E-state index in [2.05, 4.69) is 5.32 Å². The van der Waals surface area contributed by atoms with E-state index in [0.29, 0.717) is 6.42 Å². The van der Waals surface area contributed by atoms with Gasteiger partial charge in [-0.3, -0.25) is 10.1 Å². The lowest BCUT2D eigenvalue weighted by atomic mass is 9.98. The lowest BCUT2D eigenvalue weighted by molar-refractivity contribution is -0.123. The quantitative estimate of drug-likeness (QED) is 0.572. The van der Waals surface area contributed by atoms with Crippen molar-refractivity contribution in [2.45, 2.75) is 31.7 Å². The summed E-state index contributed by atoms with van der Waals surface area (Å²) in [5, 5.41) is 2.33. The van der Waals surface area contributed by atoms with Crippen molar-refractivity contribution in [3.05, 3.63) is 0 Å². The monoisotopic (exact) mass is 168 g/mol. The van der Waals surface area contributed by atoms with E-state index in [9.17, 15) is 9.59 Å². The summed E-state index contributed by atoms with van der Waals surface area (Å²) in [7, 11) is 0. The fourth-order valence-corrected chi connectivity index (χ4v) is 1.94. The summed E-state index contributed by atoms with van der Waals surface area (Å²) in [6.07, 6.45) is 3.69. The van der Waals surface area contributed by atoms with Crippen LogP contribution in [-0.4, -0.2) is 29.4 Å². The van der Waals surface area contributed by atoms with Crippen molar-refractivity contribution in [2.75, 3.05) is 6.54 Å². The van der Waals surface area contributed by atoms with Crippen LogP contribution in [0.5, 0.6) is 0 Å². The number of rotatable bonds is 0. The zero-order valence-electron chi connectivity index (χ0n) is 6.88. The number of urea groups is 1. The third kappa shape index (κ3) is 1.17. The molecule has 0 aromatic heterocycles. The topological polar surface area (TPSA) is 49.4 Å².